The second-order valence-electron chi connectivity index (χ2n) is 17.4. The van der Waals surface area contributed by atoms with Crippen molar-refractivity contribution in [1.29, 1.82) is 0 Å². The summed E-state index contributed by atoms with van der Waals surface area (Å²) in [4.78, 5) is 18.3. The number of hydrogen-bond donors (Lipinski definition) is 1. The van der Waals surface area contributed by atoms with Gasteiger partial charge < -0.3 is 9.52 Å². The maximum absolute atomic E-state index is 12.2. The van der Waals surface area contributed by atoms with E-state index in [2.05, 4.69) is 103 Å². The van der Waals surface area contributed by atoms with Crippen LogP contribution < -0.4 is 0 Å². The van der Waals surface area contributed by atoms with E-state index in [4.69, 9.17) is 9.40 Å². The first-order chi connectivity index (χ1) is 25.9. The molecule has 0 saturated heterocycles. The summed E-state index contributed by atoms with van der Waals surface area (Å²) in [5.41, 5.74) is 7.35. The second-order valence-corrected chi connectivity index (χ2v) is 18.4. The number of carbonyl (C=O) groups is 1. The van der Waals surface area contributed by atoms with Crippen LogP contribution in [0.1, 0.15) is 124 Å². The molecule has 0 aliphatic heterocycles. The molecule has 6 rings (SSSR count). The van der Waals surface area contributed by atoms with Crippen LogP contribution in [0.3, 0.4) is 0 Å². The zero-order valence-corrected chi connectivity index (χ0v) is 39.1. The molecule has 56 heavy (non-hydrogen) atoms. The summed E-state index contributed by atoms with van der Waals surface area (Å²) < 4.78 is 7.90. The molecule has 0 amide bonds. The third-order valence-electron chi connectivity index (χ3n) is 12.1. The minimum absolute atomic E-state index is 0. The summed E-state index contributed by atoms with van der Waals surface area (Å²) in [7, 11) is 0. The number of benzene rings is 3. The number of fused-ring (bicyclic) bond motifs is 3. The number of ketones is 1. The number of aryl methyl sites for hydroxylation is 2. The SMILES string of the molecule is CCC(C)(CC)C(=O)/C=C(\O)C(C)(CC)CC.Cc1c(-c2oc3ccnc(-c4[c-]c5ccccc5c(C(C)(C)C)c4)c3c2C)sc2ccc(CC(C)C)cc12.[Ir]. The van der Waals surface area contributed by atoms with Gasteiger partial charge >= 0.3 is 0 Å². The molecule has 0 spiro atoms. The average Bonchev–Trinajstić information content (AvgIpc) is 3.68. The molecule has 1 N–H and O–H groups in total. The van der Waals surface area contributed by atoms with Gasteiger partial charge in [-0.25, -0.2) is 0 Å². The van der Waals surface area contributed by atoms with Crippen molar-refractivity contribution >= 4 is 48.9 Å². The molecule has 0 saturated carbocycles. The van der Waals surface area contributed by atoms with Crippen LogP contribution in [-0.4, -0.2) is 15.9 Å². The second kappa shape index (κ2) is 17.9. The molecular formula is C50H62IrNO3S-. The van der Waals surface area contributed by atoms with Gasteiger partial charge in [0.2, 0.25) is 0 Å². The molecule has 1 radical (unpaired) electrons. The topological polar surface area (TPSA) is 63.3 Å². The number of nitrogens with zero attached hydrogens (tertiary/aromatic N) is 1. The minimum atomic E-state index is -0.337. The Kier molecular flexibility index (Phi) is 14.4. The van der Waals surface area contributed by atoms with Gasteiger partial charge in [-0.3, -0.25) is 9.78 Å². The van der Waals surface area contributed by atoms with Crippen molar-refractivity contribution in [2.75, 3.05) is 0 Å². The van der Waals surface area contributed by atoms with Crippen LogP contribution in [0.2, 0.25) is 0 Å². The van der Waals surface area contributed by atoms with Crippen molar-refractivity contribution in [1.82, 2.24) is 4.98 Å². The summed E-state index contributed by atoms with van der Waals surface area (Å²) >= 11 is 1.82. The van der Waals surface area contributed by atoms with Crippen LogP contribution in [0.5, 0.6) is 0 Å². The minimum Gasteiger partial charge on any atom is -0.512 e. The van der Waals surface area contributed by atoms with Gasteiger partial charge in [-0.1, -0.05) is 117 Å². The molecule has 4 nitrogen and oxygen atoms in total. The van der Waals surface area contributed by atoms with Crippen LogP contribution in [0.25, 0.3) is 53.7 Å². The predicted octanol–water partition coefficient (Wildman–Crippen LogP) is 15.1. The number of rotatable bonds is 11. The molecule has 0 aliphatic carbocycles. The number of pyridine rings is 1. The van der Waals surface area contributed by atoms with E-state index in [1.807, 2.05) is 65.1 Å². The van der Waals surface area contributed by atoms with Gasteiger partial charge in [0.15, 0.2) is 5.78 Å². The normalized spacial score (nSPS) is 12.6. The standard InChI is InChI=1S/C35H34NOS.C15H28O2.Ir/c1-20(2)16-23-12-13-30-27(17-23)21(3)34(38-30)33-22(4)31-29(37-33)14-15-36-32(31)25-18-24-10-8-9-11-26(24)28(19-25)35(5,6)7;1-7-14(5,8-2)12(16)11-13(17)15(6,9-3)10-4;/h8-15,17,19-20H,16H2,1-7H3;11,16H,7-10H2,1-6H3;/q-1;;/b;12-11-;. The van der Waals surface area contributed by atoms with E-state index in [0.29, 0.717) is 5.92 Å². The molecular weight excluding hydrogens is 887 g/mol. The van der Waals surface area contributed by atoms with Crippen molar-refractivity contribution in [3.8, 4) is 21.9 Å². The summed E-state index contributed by atoms with van der Waals surface area (Å²) in [5.74, 6) is 1.88. The maximum Gasteiger partial charge on any atom is 0.164 e. The summed E-state index contributed by atoms with van der Waals surface area (Å²) in [6, 6.07) is 23.4. The Morgan fingerprint density at radius 2 is 1.52 bits per heavy atom. The van der Waals surface area contributed by atoms with Crippen LogP contribution in [0, 0.1) is 36.7 Å². The largest absolute Gasteiger partial charge is 0.512 e. The van der Waals surface area contributed by atoms with E-state index in [1.54, 1.807) is 0 Å². The van der Waals surface area contributed by atoms with Crippen LogP contribution in [0.4, 0.5) is 0 Å². The summed E-state index contributed by atoms with van der Waals surface area (Å²) in [5, 5.41) is 14.9. The fraction of sp³-hybridized carbons (Fsp3) is 0.440. The quantitative estimate of drug-likeness (QED) is 0.0798. The van der Waals surface area contributed by atoms with Gasteiger partial charge in [0.25, 0.3) is 0 Å². The van der Waals surface area contributed by atoms with E-state index in [1.165, 1.54) is 43.1 Å². The van der Waals surface area contributed by atoms with Crippen molar-refractivity contribution in [3.63, 3.8) is 0 Å². The van der Waals surface area contributed by atoms with Crippen molar-refractivity contribution in [2.24, 2.45) is 16.7 Å². The van der Waals surface area contributed by atoms with E-state index in [9.17, 15) is 9.90 Å². The number of carbonyl (C=O) groups excluding carboxylic acids is 1. The molecule has 3 aromatic heterocycles. The van der Waals surface area contributed by atoms with Gasteiger partial charge in [0.05, 0.1) is 4.88 Å². The first-order valence-electron chi connectivity index (χ1n) is 20.2. The molecule has 0 atom stereocenters. The van der Waals surface area contributed by atoms with Crippen molar-refractivity contribution in [3.05, 3.63) is 101 Å². The molecule has 3 aromatic carbocycles. The Labute approximate surface area is 353 Å². The van der Waals surface area contributed by atoms with Gasteiger partial charge in [-0.2, -0.15) is 0 Å². The fourth-order valence-corrected chi connectivity index (χ4v) is 8.59. The first-order valence-corrected chi connectivity index (χ1v) is 21.0. The first kappa shape index (κ1) is 45.1. The molecule has 0 unspecified atom stereocenters. The van der Waals surface area contributed by atoms with Crippen LogP contribution in [-0.2, 0) is 36.7 Å². The molecule has 301 valence electrons. The average molecular weight is 949 g/mol. The van der Waals surface area contributed by atoms with Crippen LogP contribution in [0.15, 0.2) is 77.0 Å². The molecule has 0 bridgehead atoms. The predicted molar refractivity (Wildman–Crippen MR) is 236 cm³/mol. The number of aromatic nitrogens is 1. The van der Waals surface area contributed by atoms with E-state index in [0.717, 1.165) is 71.0 Å². The van der Waals surface area contributed by atoms with E-state index in [-0.39, 0.29) is 47.9 Å². The number of aliphatic hydroxyl groups is 1. The van der Waals surface area contributed by atoms with Gasteiger partial charge in [0, 0.05) is 59.0 Å². The van der Waals surface area contributed by atoms with E-state index >= 15 is 0 Å². The molecule has 3 heterocycles. The number of furan rings is 1. The Morgan fingerprint density at radius 3 is 2.12 bits per heavy atom. The summed E-state index contributed by atoms with van der Waals surface area (Å²) in [6.45, 7) is 27.8. The Balaban J connectivity index is 0.000000330. The van der Waals surface area contributed by atoms with Gasteiger partial charge in [-0.05, 0) is 91.5 Å². The van der Waals surface area contributed by atoms with Crippen molar-refractivity contribution in [2.45, 2.75) is 128 Å². The third-order valence-corrected chi connectivity index (χ3v) is 13.4. The molecule has 6 aromatic rings. The van der Waals surface area contributed by atoms with Gasteiger partial charge in [0.1, 0.15) is 17.1 Å². The zero-order chi connectivity index (χ0) is 40.5. The third kappa shape index (κ3) is 9.09. The van der Waals surface area contributed by atoms with Gasteiger partial charge in [-0.15, -0.1) is 40.5 Å². The maximum atomic E-state index is 12.2. The zero-order valence-electron chi connectivity index (χ0n) is 35.9. The number of thiophene rings is 1. The smallest absolute Gasteiger partial charge is 0.164 e. The fourth-order valence-electron chi connectivity index (χ4n) is 7.36. The Bertz CT molecular complexity index is 2340. The molecule has 0 fully saturated rings. The Morgan fingerprint density at radius 1 is 0.875 bits per heavy atom. The van der Waals surface area contributed by atoms with Crippen molar-refractivity contribution < 1.29 is 34.4 Å². The number of hydrogen-bond acceptors (Lipinski definition) is 5. The number of allylic oxidation sites excluding steroid dienone is 2. The Hall–Kier alpha value is -3.57. The van der Waals surface area contributed by atoms with E-state index < -0.39 is 0 Å². The number of aliphatic hydroxyl groups excluding tert-OH is 1. The molecule has 0 aliphatic rings. The molecule has 6 heteroatoms. The summed E-state index contributed by atoms with van der Waals surface area (Å²) in [6.07, 6.45) is 7.71. The van der Waals surface area contributed by atoms with Crippen LogP contribution >= 0.6 is 11.3 Å². The monoisotopic (exact) mass is 949 g/mol.